The van der Waals surface area contributed by atoms with Crippen molar-refractivity contribution in [3.63, 3.8) is 0 Å². The highest BCUT2D eigenvalue weighted by molar-refractivity contribution is 4.88. The van der Waals surface area contributed by atoms with Crippen LogP contribution in [0.5, 0.6) is 0 Å². The van der Waals surface area contributed by atoms with Gasteiger partial charge in [0.2, 0.25) is 0 Å². The zero-order valence-corrected chi connectivity index (χ0v) is 8.58. The Morgan fingerprint density at radius 1 is 1.46 bits per heavy atom. The Morgan fingerprint density at radius 3 is 2.54 bits per heavy atom. The third kappa shape index (κ3) is 3.07. The van der Waals surface area contributed by atoms with Gasteiger partial charge in [-0.1, -0.05) is 12.1 Å². The molecule has 0 heterocycles. The molecule has 1 aliphatic rings. The number of hydrogen-bond donors (Lipinski definition) is 0. The van der Waals surface area contributed by atoms with E-state index in [0.29, 0.717) is 6.10 Å². The highest BCUT2D eigenvalue weighted by Crippen LogP contribution is 2.32. The highest BCUT2D eigenvalue weighted by Gasteiger charge is 2.32. The average molecular weight is 185 g/mol. The smallest absolute Gasteiger partial charge is 0.100 e. The lowest BCUT2D eigenvalue weighted by atomic mass is 9.83. The second kappa shape index (κ2) is 4.70. The molecule has 0 aromatic heterocycles. The lowest BCUT2D eigenvalue weighted by molar-refractivity contribution is 0.0160. The van der Waals surface area contributed by atoms with Gasteiger partial charge in [-0.3, -0.25) is 0 Å². The van der Waals surface area contributed by atoms with Gasteiger partial charge in [-0.25, -0.2) is 0 Å². The maximum atomic E-state index is 10.5. The van der Waals surface area contributed by atoms with Gasteiger partial charge in [0.25, 0.3) is 0 Å². The van der Waals surface area contributed by atoms with Gasteiger partial charge >= 0.3 is 0 Å². The summed E-state index contributed by atoms with van der Waals surface area (Å²) in [7, 11) is 0. The molecule has 0 N–H and O–H groups in total. The van der Waals surface area contributed by atoms with Crippen molar-refractivity contribution in [2.24, 2.45) is 5.18 Å². The Morgan fingerprint density at radius 2 is 2.08 bits per heavy atom. The van der Waals surface area contributed by atoms with Crippen LogP contribution in [0.3, 0.4) is 0 Å². The van der Waals surface area contributed by atoms with Crippen LogP contribution in [0.1, 0.15) is 46.0 Å². The summed E-state index contributed by atoms with van der Waals surface area (Å²) >= 11 is 0. The first-order valence-electron chi connectivity index (χ1n) is 5.16. The molecule has 76 valence electrons. The molecule has 0 saturated heterocycles. The summed E-state index contributed by atoms with van der Waals surface area (Å²) in [6, 6.07) is 0. The molecule has 3 nitrogen and oxygen atoms in total. The van der Waals surface area contributed by atoms with Crippen LogP contribution in [0.15, 0.2) is 5.18 Å². The normalized spacial score (nSPS) is 34.5. The monoisotopic (exact) mass is 185 g/mol. The first-order valence-corrected chi connectivity index (χ1v) is 5.16. The molecule has 1 fully saturated rings. The van der Waals surface area contributed by atoms with Crippen molar-refractivity contribution in [2.75, 3.05) is 6.61 Å². The van der Waals surface area contributed by atoms with Crippen LogP contribution in [-0.2, 0) is 4.74 Å². The van der Waals surface area contributed by atoms with Crippen LogP contribution in [0.2, 0.25) is 0 Å². The topological polar surface area (TPSA) is 38.7 Å². The third-order valence-electron chi connectivity index (χ3n) is 2.79. The Labute approximate surface area is 79.8 Å². The molecule has 1 aliphatic carbocycles. The Kier molecular flexibility index (Phi) is 3.85. The molecule has 0 aliphatic heterocycles. The van der Waals surface area contributed by atoms with Crippen LogP contribution < -0.4 is 0 Å². The first-order chi connectivity index (χ1) is 6.20. The summed E-state index contributed by atoms with van der Waals surface area (Å²) in [5.74, 6) is 0. The Bertz CT molecular complexity index is 162. The van der Waals surface area contributed by atoms with Gasteiger partial charge in [0.05, 0.1) is 6.10 Å². The Balaban J connectivity index is 2.26. The number of ether oxygens (including phenoxy) is 1. The average Bonchev–Trinajstić information content (AvgIpc) is 2.17. The van der Waals surface area contributed by atoms with E-state index in [1.165, 1.54) is 0 Å². The molecule has 1 saturated carbocycles. The fourth-order valence-electron chi connectivity index (χ4n) is 1.76. The van der Waals surface area contributed by atoms with E-state index in [1.54, 1.807) is 0 Å². The molecule has 0 bridgehead atoms. The number of nitrogens with zero attached hydrogens (tertiary/aromatic N) is 1. The minimum Gasteiger partial charge on any atom is -0.378 e. The van der Waals surface area contributed by atoms with Crippen LogP contribution in [0.4, 0.5) is 0 Å². The molecular weight excluding hydrogens is 166 g/mol. The summed E-state index contributed by atoms with van der Waals surface area (Å²) in [6.07, 6.45) is 5.18. The first kappa shape index (κ1) is 10.6. The largest absolute Gasteiger partial charge is 0.378 e. The molecule has 13 heavy (non-hydrogen) atoms. The minimum atomic E-state index is -0.313. The summed E-state index contributed by atoms with van der Waals surface area (Å²) in [5.41, 5.74) is -0.313. The SMILES string of the molecule is CCCOC1CCC(C)(N=O)CC1. The van der Waals surface area contributed by atoms with Crippen molar-refractivity contribution in [1.82, 2.24) is 0 Å². The second-order valence-electron chi connectivity index (χ2n) is 4.16. The molecule has 0 radical (unpaired) electrons. The van der Waals surface area contributed by atoms with E-state index in [9.17, 15) is 4.91 Å². The van der Waals surface area contributed by atoms with Crippen molar-refractivity contribution in [2.45, 2.75) is 57.6 Å². The Hall–Kier alpha value is -0.440. The van der Waals surface area contributed by atoms with Gasteiger partial charge in [-0.05, 0) is 39.0 Å². The highest BCUT2D eigenvalue weighted by atomic mass is 16.5. The fourth-order valence-corrected chi connectivity index (χ4v) is 1.76. The van der Waals surface area contributed by atoms with Crippen LogP contribution in [0.25, 0.3) is 0 Å². The minimum absolute atomic E-state index is 0.313. The van der Waals surface area contributed by atoms with Gasteiger partial charge in [-0.15, -0.1) is 0 Å². The van der Waals surface area contributed by atoms with Gasteiger partial charge in [0.15, 0.2) is 0 Å². The van der Waals surface area contributed by atoms with E-state index < -0.39 is 0 Å². The molecule has 1 rings (SSSR count). The standard InChI is InChI=1S/C10H19NO2/c1-3-8-13-9-4-6-10(2,11-12)7-5-9/h9H,3-8H2,1-2H3. The molecule has 3 heteroatoms. The molecule has 0 aromatic rings. The van der Waals surface area contributed by atoms with E-state index in [2.05, 4.69) is 12.1 Å². The van der Waals surface area contributed by atoms with E-state index in [1.807, 2.05) is 6.92 Å². The van der Waals surface area contributed by atoms with E-state index in [0.717, 1.165) is 38.7 Å². The van der Waals surface area contributed by atoms with E-state index in [-0.39, 0.29) is 5.54 Å². The molecule has 0 unspecified atom stereocenters. The summed E-state index contributed by atoms with van der Waals surface area (Å²) in [5, 5.41) is 3.19. The van der Waals surface area contributed by atoms with Crippen LogP contribution >= 0.6 is 0 Å². The summed E-state index contributed by atoms with van der Waals surface area (Å²) in [6.45, 7) is 4.89. The summed E-state index contributed by atoms with van der Waals surface area (Å²) in [4.78, 5) is 10.5. The van der Waals surface area contributed by atoms with Gasteiger partial charge in [-0.2, -0.15) is 4.91 Å². The molecule has 0 aromatic carbocycles. The maximum absolute atomic E-state index is 10.5. The van der Waals surface area contributed by atoms with Crippen molar-refractivity contribution < 1.29 is 4.74 Å². The second-order valence-corrected chi connectivity index (χ2v) is 4.16. The van der Waals surface area contributed by atoms with E-state index >= 15 is 0 Å². The lowest BCUT2D eigenvalue weighted by Crippen LogP contribution is -2.32. The zero-order valence-electron chi connectivity index (χ0n) is 8.58. The van der Waals surface area contributed by atoms with Crippen molar-refractivity contribution >= 4 is 0 Å². The van der Waals surface area contributed by atoms with Crippen LogP contribution in [-0.4, -0.2) is 18.2 Å². The van der Waals surface area contributed by atoms with Gasteiger partial charge < -0.3 is 4.74 Å². The molecular formula is C10H19NO2. The quantitative estimate of drug-likeness (QED) is 0.632. The van der Waals surface area contributed by atoms with Gasteiger partial charge in [0, 0.05) is 6.61 Å². The summed E-state index contributed by atoms with van der Waals surface area (Å²) < 4.78 is 5.63. The predicted octanol–water partition coefficient (Wildman–Crippen LogP) is 2.88. The van der Waals surface area contributed by atoms with Crippen LogP contribution in [0, 0.1) is 4.91 Å². The molecule has 0 atom stereocenters. The van der Waals surface area contributed by atoms with Crippen molar-refractivity contribution in [3.05, 3.63) is 4.91 Å². The van der Waals surface area contributed by atoms with E-state index in [4.69, 9.17) is 4.74 Å². The number of rotatable bonds is 4. The predicted molar refractivity (Wildman–Crippen MR) is 52.7 cm³/mol. The lowest BCUT2D eigenvalue weighted by Gasteiger charge is -2.31. The third-order valence-corrected chi connectivity index (χ3v) is 2.79. The number of hydrogen-bond acceptors (Lipinski definition) is 3. The van der Waals surface area contributed by atoms with Crippen molar-refractivity contribution in [3.8, 4) is 0 Å². The maximum Gasteiger partial charge on any atom is 0.100 e. The molecule has 0 spiro atoms. The fraction of sp³-hybridized carbons (Fsp3) is 1.00. The zero-order chi connectivity index (χ0) is 9.73. The van der Waals surface area contributed by atoms with Gasteiger partial charge in [0.1, 0.15) is 5.54 Å². The number of nitroso groups, excluding NO2 is 1. The molecule has 0 amide bonds. The van der Waals surface area contributed by atoms with Crippen molar-refractivity contribution in [1.29, 1.82) is 0 Å².